The molecule has 106 valence electrons. The van der Waals surface area contributed by atoms with Crippen LogP contribution in [0.3, 0.4) is 0 Å². The summed E-state index contributed by atoms with van der Waals surface area (Å²) in [4.78, 5) is 11.3. The number of carboxylic acids is 1. The summed E-state index contributed by atoms with van der Waals surface area (Å²) in [6.45, 7) is 1.97. The summed E-state index contributed by atoms with van der Waals surface area (Å²) >= 11 is 6.24. The van der Waals surface area contributed by atoms with E-state index >= 15 is 0 Å². The SMILES string of the molecule is Cc1ccc(Cc2oc(C(=O)O)c3ccccc23)c(Cl)c1. The molecule has 0 aliphatic carbocycles. The number of hydrogen-bond donors (Lipinski definition) is 1. The Morgan fingerprint density at radius 2 is 1.90 bits per heavy atom. The van der Waals surface area contributed by atoms with E-state index in [9.17, 15) is 9.90 Å². The van der Waals surface area contributed by atoms with E-state index in [0.717, 1.165) is 16.5 Å². The van der Waals surface area contributed by atoms with Gasteiger partial charge in [0.1, 0.15) is 5.76 Å². The van der Waals surface area contributed by atoms with E-state index in [-0.39, 0.29) is 5.76 Å². The molecule has 0 aliphatic rings. The highest BCUT2D eigenvalue weighted by Crippen LogP contribution is 2.30. The maximum atomic E-state index is 11.3. The number of aryl methyl sites for hydroxylation is 1. The second-order valence-corrected chi connectivity index (χ2v) is 5.38. The Labute approximate surface area is 126 Å². The number of benzene rings is 2. The van der Waals surface area contributed by atoms with Crippen LogP contribution in [0.1, 0.15) is 27.4 Å². The van der Waals surface area contributed by atoms with E-state index < -0.39 is 5.97 Å². The van der Waals surface area contributed by atoms with Crippen LogP contribution in [-0.2, 0) is 6.42 Å². The third kappa shape index (κ3) is 2.52. The standard InChI is InChI=1S/C17H13ClO3/c1-10-6-7-11(14(18)8-10)9-15-12-4-2-3-5-13(12)16(21-15)17(19)20/h2-8H,9H2,1H3,(H,19,20). The fraction of sp³-hybridized carbons (Fsp3) is 0.118. The lowest BCUT2D eigenvalue weighted by Gasteiger charge is -2.03. The predicted octanol–water partition coefficient (Wildman–Crippen LogP) is 4.68. The van der Waals surface area contributed by atoms with Crippen molar-refractivity contribution >= 4 is 28.3 Å². The van der Waals surface area contributed by atoms with E-state index in [0.29, 0.717) is 22.6 Å². The van der Waals surface area contributed by atoms with Gasteiger partial charge in [0.2, 0.25) is 5.76 Å². The van der Waals surface area contributed by atoms with Crippen molar-refractivity contribution in [3.8, 4) is 0 Å². The van der Waals surface area contributed by atoms with Crippen LogP contribution >= 0.6 is 11.6 Å². The molecule has 3 aromatic rings. The molecular formula is C17H13ClO3. The highest BCUT2D eigenvalue weighted by molar-refractivity contribution is 6.31. The summed E-state index contributed by atoms with van der Waals surface area (Å²) in [7, 11) is 0. The summed E-state index contributed by atoms with van der Waals surface area (Å²) in [5, 5.41) is 11.3. The Balaban J connectivity index is 2.10. The van der Waals surface area contributed by atoms with Gasteiger partial charge in [-0.25, -0.2) is 4.79 Å². The van der Waals surface area contributed by atoms with Crippen molar-refractivity contribution in [3.63, 3.8) is 0 Å². The Kier molecular flexibility index (Phi) is 3.43. The van der Waals surface area contributed by atoms with E-state index in [2.05, 4.69) is 0 Å². The number of aromatic carboxylic acids is 1. The molecule has 0 fully saturated rings. The number of halogens is 1. The van der Waals surface area contributed by atoms with Crippen LogP contribution in [0, 0.1) is 6.92 Å². The van der Waals surface area contributed by atoms with Gasteiger partial charge in [-0.2, -0.15) is 0 Å². The Morgan fingerprint density at radius 1 is 1.19 bits per heavy atom. The van der Waals surface area contributed by atoms with Crippen LogP contribution in [0.15, 0.2) is 46.9 Å². The number of hydrogen-bond acceptors (Lipinski definition) is 2. The summed E-state index contributed by atoms with van der Waals surface area (Å²) in [5.41, 5.74) is 2.00. The molecule has 0 atom stereocenters. The molecule has 3 nitrogen and oxygen atoms in total. The van der Waals surface area contributed by atoms with Crippen molar-refractivity contribution < 1.29 is 14.3 Å². The zero-order valence-corrected chi connectivity index (χ0v) is 12.1. The minimum absolute atomic E-state index is 0.0242. The van der Waals surface area contributed by atoms with Crippen molar-refractivity contribution in [1.29, 1.82) is 0 Å². The van der Waals surface area contributed by atoms with E-state index in [1.54, 1.807) is 12.1 Å². The van der Waals surface area contributed by atoms with Crippen molar-refractivity contribution in [1.82, 2.24) is 0 Å². The van der Waals surface area contributed by atoms with Crippen molar-refractivity contribution in [2.24, 2.45) is 0 Å². The first-order valence-electron chi connectivity index (χ1n) is 6.55. The third-order valence-electron chi connectivity index (χ3n) is 3.45. The number of furan rings is 1. The first kappa shape index (κ1) is 13.7. The molecule has 2 aromatic carbocycles. The molecule has 1 N–H and O–H groups in total. The minimum atomic E-state index is -1.06. The lowest BCUT2D eigenvalue weighted by Crippen LogP contribution is -1.93. The number of carboxylic acid groups (broad SMARTS) is 1. The molecule has 4 heteroatoms. The molecule has 0 saturated carbocycles. The Hall–Kier alpha value is -2.26. The first-order valence-corrected chi connectivity index (χ1v) is 6.93. The molecule has 3 rings (SSSR count). The van der Waals surface area contributed by atoms with Gasteiger partial charge >= 0.3 is 5.97 Å². The van der Waals surface area contributed by atoms with Gasteiger partial charge in [0.15, 0.2) is 0 Å². The maximum Gasteiger partial charge on any atom is 0.372 e. The number of rotatable bonds is 3. The minimum Gasteiger partial charge on any atom is -0.475 e. The molecule has 0 spiro atoms. The summed E-state index contributed by atoms with van der Waals surface area (Å²) in [6, 6.07) is 13.1. The monoisotopic (exact) mass is 300 g/mol. The molecule has 0 radical (unpaired) electrons. The second kappa shape index (κ2) is 5.26. The highest BCUT2D eigenvalue weighted by Gasteiger charge is 2.18. The molecule has 0 aliphatic heterocycles. The first-order chi connectivity index (χ1) is 10.1. The maximum absolute atomic E-state index is 11.3. The van der Waals surface area contributed by atoms with E-state index in [1.807, 2.05) is 37.3 Å². The van der Waals surface area contributed by atoms with Gasteiger partial charge in [0.25, 0.3) is 0 Å². The summed E-state index contributed by atoms with van der Waals surface area (Å²) in [6.07, 6.45) is 0.465. The van der Waals surface area contributed by atoms with Gasteiger partial charge in [0.05, 0.1) is 0 Å². The quantitative estimate of drug-likeness (QED) is 0.764. The molecular weight excluding hydrogens is 288 g/mol. The van der Waals surface area contributed by atoms with Gasteiger partial charge in [0, 0.05) is 22.2 Å². The lowest BCUT2D eigenvalue weighted by atomic mass is 10.0. The van der Waals surface area contributed by atoms with Crippen molar-refractivity contribution in [2.45, 2.75) is 13.3 Å². The average Bonchev–Trinajstić information content (AvgIpc) is 2.81. The van der Waals surface area contributed by atoms with Crippen LogP contribution in [0.4, 0.5) is 0 Å². The number of fused-ring (bicyclic) bond motifs is 1. The fourth-order valence-corrected chi connectivity index (χ4v) is 2.72. The van der Waals surface area contributed by atoms with E-state index in [1.165, 1.54) is 0 Å². The summed E-state index contributed by atoms with van der Waals surface area (Å²) < 4.78 is 5.56. The van der Waals surface area contributed by atoms with Crippen molar-refractivity contribution in [3.05, 3.63) is 70.1 Å². The molecule has 0 saturated heterocycles. The van der Waals surface area contributed by atoms with Crippen LogP contribution in [0.5, 0.6) is 0 Å². The van der Waals surface area contributed by atoms with Crippen LogP contribution in [0.25, 0.3) is 10.8 Å². The van der Waals surface area contributed by atoms with Crippen molar-refractivity contribution in [2.75, 3.05) is 0 Å². The van der Waals surface area contributed by atoms with Crippen LogP contribution < -0.4 is 0 Å². The molecule has 0 bridgehead atoms. The molecule has 0 unspecified atom stereocenters. The van der Waals surface area contributed by atoms with Crippen LogP contribution in [0.2, 0.25) is 5.02 Å². The average molecular weight is 301 g/mol. The summed E-state index contributed by atoms with van der Waals surface area (Å²) in [5.74, 6) is -0.468. The predicted molar refractivity (Wildman–Crippen MR) is 82.2 cm³/mol. The van der Waals surface area contributed by atoms with Crippen LogP contribution in [-0.4, -0.2) is 11.1 Å². The highest BCUT2D eigenvalue weighted by atomic mass is 35.5. The van der Waals surface area contributed by atoms with Gasteiger partial charge in [-0.1, -0.05) is 48.0 Å². The lowest BCUT2D eigenvalue weighted by molar-refractivity contribution is 0.0663. The zero-order chi connectivity index (χ0) is 15.0. The second-order valence-electron chi connectivity index (χ2n) is 4.98. The largest absolute Gasteiger partial charge is 0.475 e. The smallest absolute Gasteiger partial charge is 0.372 e. The molecule has 1 aromatic heterocycles. The van der Waals surface area contributed by atoms with Gasteiger partial charge in [-0.05, 0) is 24.1 Å². The molecule has 21 heavy (non-hydrogen) atoms. The normalized spacial score (nSPS) is 11.0. The Morgan fingerprint density at radius 3 is 2.57 bits per heavy atom. The number of carbonyl (C=O) groups is 1. The fourth-order valence-electron chi connectivity index (χ4n) is 2.42. The van der Waals surface area contributed by atoms with Gasteiger partial charge < -0.3 is 9.52 Å². The van der Waals surface area contributed by atoms with Gasteiger partial charge in [-0.3, -0.25) is 0 Å². The molecule has 1 heterocycles. The third-order valence-corrected chi connectivity index (χ3v) is 3.80. The van der Waals surface area contributed by atoms with Gasteiger partial charge in [-0.15, -0.1) is 0 Å². The topological polar surface area (TPSA) is 50.4 Å². The van der Waals surface area contributed by atoms with E-state index in [4.69, 9.17) is 16.0 Å². The zero-order valence-electron chi connectivity index (χ0n) is 11.4. The Bertz CT molecular complexity index is 833. The molecule has 0 amide bonds.